The number of methoxy groups -OCH3 is 1. The van der Waals surface area contributed by atoms with E-state index in [1.807, 2.05) is 13.8 Å². The molecule has 2 heterocycles. The van der Waals surface area contributed by atoms with Crippen LogP contribution < -0.4 is 14.9 Å². The second-order valence-corrected chi connectivity index (χ2v) is 6.81. The summed E-state index contributed by atoms with van der Waals surface area (Å²) in [5.41, 5.74) is 1.04. The number of aromatic hydroxyl groups is 3. The highest BCUT2D eigenvalue weighted by atomic mass is 16.5. The zero-order valence-corrected chi connectivity index (χ0v) is 15.4. The minimum Gasteiger partial charge on any atom is -0.508 e. The predicted octanol–water partition coefficient (Wildman–Crippen LogP) is 3.99. The molecule has 0 fully saturated rings. The minimum absolute atomic E-state index is 0.0281. The van der Waals surface area contributed by atoms with Gasteiger partial charge in [0.2, 0.25) is 5.43 Å². The highest BCUT2D eigenvalue weighted by Gasteiger charge is 2.33. The SMILES string of the molecule is COc1cc2c(cc1O)-c1oc3cc(O)cc(O)c3c(=O)c1[C@H](C=C(C)C)O2. The summed E-state index contributed by atoms with van der Waals surface area (Å²) in [7, 11) is 1.42. The van der Waals surface area contributed by atoms with Gasteiger partial charge in [-0.05, 0) is 26.0 Å². The molecule has 144 valence electrons. The zero-order valence-electron chi connectivity index (χ0n) is 15.4. The van der Waals surface area contributed by atoms with Crippen LogP contribution in [0.15, 0.2) is 45.1 Å². The summed E-state index contributed by atoms with van der Waals surface area (Å²) >= 11 is 0. The number of ether oxygens (including phenoxy) is 2. The Labute approximate surface area is 159 Å². The lowest BCUT2D eigenvalue weighted by atomic mass is 9.95. The molecule has 3 N–H and O–H groups in total. The summed E-state index contributed by atoms with van der Waals surface area (Å²) in [6.07, 6.45) is 1.01. The number of hydrogen-bond acceptors (Lipinski definition) is 7. The summed E-state index contributed by atoms with van der Waals surface area (Å²) in [6.45, 7) is 3.74. The van der Waals surface area contributed by atoms with Crippen molar-refractivity contribution < 1.29 is 29.2 Å². The molecule has 0 saturated heterocycles. The molecule has 0 saturated carbocycles. The van der Waals surface area contributed by atoms with Gasteiger partial charge in [0, 0.05) is 18.2 Å². The minimum atomic E-state index is -0.754. The maximum atomic E-state index is 13.2. The summed E-state index contributed by atoms with van der Waals surface area (Å²) in [5, 5.41) is 30.1. The van der Waals surface area contributed by atoms with E-state index in [-0.39, 0.29) is 45.3 Å². The lowest BCUT2D eigenvalue weighted by molar-refractivity contribution is 0.242. The lowest BCUT2D eigenvalue weighted by Gasteiger charge is -2.26. The highest BCUT2D eigenvalue weighted by Crippen LogP contribution is 2.48. The molecule has 1 aromatic heterocycles. The number of benzene rings is 2. The molecule has 0 radical (unpaired) electrons. The van der Waals surface area contributed by atoms with E-state index in [0.29, 0.717) is 11.3 Å². The monoisotopic (exact) mass is 382 g/mol. The molecule has 0 amide bonds. The number of phenols is 3. The molecule has 0 bridgehead atoms. The average molecular weight is 382 g/mol. The fourth-order valence-corrected chi connectivity index (χ4v) is 3.36. The molecule has 1 aliphatic heterocycles. The van der Waals surface area contributed by atoms with E-state index < -0.39 is 11.5 Å². The van der Waals surface area contributed by atoms with Crippen LogP contribution in [0.2, 0.25) is 0 Å². The Morgan fingerprint density at radius 1 is 1.11 bits per heavy atom. The van der Waals surface area contributed by atoms with E-state index in [4.69, 9.17) is 13.9 Å². The number of hydrogen-bond donors (Lipinski definition) is 3. The third-order valence-corrected chi connectivity index (χ3v) is 4.54. The van der Waals surface area contributed by atoms with Crippen molar-refractivity contribution in [1.82, 2.24) is 0 Å². The summed E-state index contributed by atoms with van der Waals surface area (Å²) in [5.74, 6) is 0.0277. The van der Waals surface area contributed by atoms with Gasteiger partial charge in [-0.2, -0.15) is 0 Å². The maximum absolute atomic E-state index is 13.2. The van der Waals surface area contributed by atoms with Gasteiger partial charge in [-0.15, -0.1) is 0 Å². The standard InChI is InChI=1S/C21H18O7/c1-9(2)4-16-19-20(25)18-13(24)5-10(22)6-17(18)28-21(19)11-7-12(23)15(26-3)8-14(11)27-16/h4-8,16,22-24H,1-3H3/t16-/m0/s1. The van der Waals surface area contributed by atoms with Gasteiger partial charge in [0.15, 0.2) is 11.5 Å². The summed E-state index contributed by atoms with van der Waals surface area (Å²) in [4.78, 5) is 13.2. The molecular weight excluding hydrogens is 364 g/mol. The van der Waals surface area contributed by atoms with Crippen LogP contribution in [0.4, 0.5) is 0 Å². The van der Waals surface area contributed by atoms with Crippen molar-refractivity contribution in [3.8, 4) is 40.1 Å². The van der Waals surface area contributed by atoms with Gasteiger partial charge in [0.25, 0.3) is 0 Å². The van der Waals surface area contributed by atoms with Crippen LogP contribution in [0.5, 0.6) is 28.7 Å². The number of rotatable bonds is 2. The van der Waals surface area contributed by atoms with Crippen molar-refractivity contribution in [1.29, 1.82) is 0 Å². The number of fused-ring (bicyclic) bond motifs is 4. The van der Waals surface area contributed by atoms with E-state index in [1.54, 1.807) is 6.08 Å². The van der Waals surface area contributed by atoms with Crippen LogP contribution >= 0.6 is 0 Å². The first kappa shape index (κ1) is 17.8. The summed E-state index contributed by atoms with van der Waals surface area (Å²) in [6, 6.07) is 5.24. The molecule has 7 nitrogen and oxygen atoms in total. The van der Waals surface area contributed by atoms with Crippen molar-refractivity contribution in [2.75, 3.05) is 7.11 Å². The van der Waals surface area contributed by atoms with E-state index in [2.05, 4.69) is 0 Å². The molecule has 1 aliphatic rings. The maximum Gasteiger partial charge on any atom is 0.204 e. The third-order valence-electron chi connectivity index (χ3n) is 4.54. The smallest absolute Gasteiger partial charge is 0.204 e. The Hall–Kier alpha value is -3.61. The zero-order chi connectivity index (χ0) is 20.2. The van der Waals surface area contributed by atoms with Gasteiger partial charge >= 0.3 is 0 Å². The van der Waals surface area contributed by atoms with Gasteiger partial charge in [0.05, 0.1) is 18.2 Å². The normalized spacial score (nSPS) is 14.8. The molecule has 4 rings (SSSR count). The Morgan fingerprint density at radius 3 is 2.54 bits per heavy atom. The summed E-state index contributed by atoms with van der Waals surface area (Å²) < 4.78 is 17.1. The average Bonchev–Trinajstić information content (AvgIpc) is 2.60. The molecular formula is C21H18O7. The quantitative estimate of drug-likeness (QED) is 0.575. The molecule has 7 heteroatoms. The highest BCUT2D eigenvalue weighted by molar-refractivity contribution is 5.88. The first-order valence-electron chi connectivity index (χ1n) is 8.56. The van der Waals surface area contributed by atoms with Crippen molar-refractivity contribution >= 4 is 11.0 Å². The second-order valence-electron chi connectivity index (χ2n) is 6.81. The van der Waals surface area contributed by atoms with E-state index in [9.17, 15) is 20.1 Å². The first-order valence-corrected chi connectivity index (χ1v) is 8.56. The third kappa shape index (κ3) is 2.63. The first-order chi connectivity index (χ1) is 13.3. The predicted molar refractivity (Wildman–Crippen MR) is 102 cm³/mol. The van der Waals surface area contributed by atoms with Crippen LogP contribution in [0, 0.1) is 0 Å². The Bertz CT molecular complexity index is 1200. The van der Waals surface area contributed by atoms with Crippen LogP contribution in [-0.2, 0) is 0 Å². The molecule has 28 heavy (non-hydrogen) atoms. The largest absolute Gasteiger partial charge is 0.508 e. The van der Waals surface area contributed by atoms with Crippen LogP contribution in [0.1, 0.15) is 25.5 Å². The van der Waals surface area contributed by atoms with E-state index in [0.717, 1.165) is 11.6 Å². The Balaban J connectivity index is 2.13. The lowest BCUT2D eigenvalue weighted by Crippen LogP contribution is -2.22. The molecule has 0 spiro atoms. The molecule has 3 aromatic rings. The molecule has 2 aromatic carbocycles. The van der Waals surface area contributed by atoms with Gasteiger partial charge in [-0.1, -0.05) is 5.57 Å². The van der Waals surface area contributed by atoms with Gasteiger partial charge in [-0.25, -0.2) is 0 Å². The van der Waals surface area contributed by atoms with Crippen LogP contribution in [0.25, 0.3) is 22.3 Å². The van der Waals surface area contributed by atoms with Crippen molar-refractivity contribution in [3.05, 3.63) is 51.7 Å². The van der Waals surface area contributed by atoms with Crippen molar-refractivity contribution in [2.45, 2.75) is 20.0 Å². The topological polar surface area (TPSA) is 109 Å². The molecule has 0 unspecified atom stereocenters. The fraction of sp³-hybridized carbons (Fsp3) is 0.190. The fourth-order valence-electron chi connectivity index (χ4n) is 3.36. The Morgan fingerprint density at radius 2 is 1.86 bits per heavy atom. The van der Waals surface area contributed by atoms with Crippen molar-refractivity contribution in [3.63, 3.8) is 0 Å². The van der Waals surface area contributed by atoms with Crippen molar-refractivity contribution in [2.24, 2.45) is 0 Å². The Kier molecular flexibility index (Phi) is 3.96. The van der Waals surface area contributed by atoms with Gasteiger partial charge in [0.1, 0.15) is 40.1 Å². The number of allylic oxidation sites excluding steroid dienone is 1. The van der Waals surface area contributed by atoms with E-state index in [1.165, 1.54) is 25.3 Å². The van der Waals surface area contributed by atoms with Gasteiger partial charge < -0.3 is 29.2 Å². The van der Waals surface area contributed by atoms with Crippen LogP contribution in [0.3, 0.4) is 0 Å². The van der Waals surface area contributed by atoms with E-state index >= 15 is 0 Å². The molecule has 0 aliphatic carbocycles. The second kappa shape index (κ2) is 6.23. The number of phenolic OH excluding ortho intramolecular Hbond substituents is 3. The van der Waals surface area contributed by atoms with Gasteiger partial charge in [-0.3, -0.25) is 4.79 Å². The van der Waals surface area contributed by atoms with Crippen LogP contribution in [-0.4, -0.2) is 22.4 Å². The molecule has 1 atom stereocenters.